The van der Waals surface area contributed by atoms with Gasteiger partial charge in [0.05, 0.1) is 7.11 Å². The lowest BCUT2D eigenvalue weighted by atomic mass is 9.97. The zero-order valence-electron chi connectivity index (χ0n) is 24.3. The van der Waals surface area contributed by atoms with E-state index in [0.29, 0.717) is 17.5 Å². The summed E-state index contributed by atoms with van der Waals surface area (Å²) in [6, 6.07) is 10.9. The smallest absolute Gasteiger partial charge is 0.408 e. The first-order chi connectivity index (χ1) is 18.7. The average molecular weight is 556 g/mol. The van der Waals surface area contributed by atoms with Crippen LogP contribution in [0.2, 0.25) is 0 Å². The Kier molecular flexibility index (Phi) is 11.5. The highest BCUT2D eigenvalue weighted by atomic mass is 16.6. The van der Waals surface area contributed by atoms with E-state index in [1.807, 2.05) is 26.8 Å². The monoisotopic (exact) mass is 555 g/mol. The molecular weight excluding hydrogens is 514 g/mol. The minimum absolute atomic E-state index is 0.0646. The Morgan fingerprint density at radius 2 is 1.70 bits per heavy atom. The minimum atomic E-state index is -1.10. The number of nitrogens with one attached hydrogen (secondary N) is 2. The summed E-state index contributed by atoms with van der Waals surface area (Å²) in [5, 5.41) is 15.0. The molecule has 0 fully saturated rings. The lowest BCUT2D eigenvalue weighted by molar-refractivity contribution is -0.146. The van der Waals surface area contributed by atoms with E-state index in [1.165, 1.54) is 24.1 Å². The molecule has 0 saturated heterocycles. The molecule has 218 valence electrons. The number of hydrogen-bond donors (Lipinski definition) is 3. The number of amides is 3. The van der Waals surface area contributed by atoms with Crippen molar-refractivity contribution in [1.82, 2.24) is 15.5 Å². The zero-order valence-corrected chi connectivity index (χ0v) is 24.3. The van der Waals surface area contributed by atoms with Crippen LogP contribution < -0.4 is 10.6 Å². The highest BCUT2D eigenvalue weighted by molar-refractivity contribution is 5.93. The number of esters is 1. The molecular formula is C30H41N3O7. The summed E-state index contributed by atoms with van der Waals surface area (Å²) in [6.07, 6.45) is -0.192. The topological polar surface area (TPSA) is 134 Å². The third kappa shape index (κ3) is 9.59. The van der Waals surface area contributed by atoms with Gasteiger partial charge in [-0.15, -0.1) is 0 Å². The Hall–Kier alpha value is -4.08. The zero-order chi connectivity index (χ0) is 30.0. The van der Waals surface area contributed by atoms with Gasteiger partial charge >= 0.3 is 12.1 Å². The number of rotatable bonds is 11. The number of methoxy groups -OCH3 is 1. The molecule has 0 heterocycles. The summed E-state index contributed by atoms with van der Waals surface area (Å²) in [5.41, 5.74) is 1.31. The van der Waals surface area contributed by atoms with Crippen LogP contribution in [0.15, 0.2) is 48.5 Å². The molecule has 0 aliphatic carbocycles. The Morgan fingerprint density at radius 3 is 2.25 bits per heavy atom. The number of ether oxygens (including phenoxy) is 2. The van der Waals surface area contributed by atoms with Crippen LogP contribution in [-0.2, 0) is 30.3 Å². The van der Waals surface area contributed by atoms with Gasteiger partial charge in [0.2, 0.25) is 11.8 Å². The molecule has 0 aliphatic heterocycles. The van der Waals surface area contributed by atoms with Crippen molar-refractivity contribution in [2.45, 2.75) is 78.1 Å². The molecule has 10 nitrogen and oxygen atoms in total. The van der Waals surface area contributed by atoms with Crippen LogP contribution in [0.25, 0.3) is 0 Å². The Bertz CT molecular complexity index is 1170. The van der Waals surface area contributed by atoms with Crippen LogP contribution in [0.1, 0.15) is 63.8 Å². The van der Waals surface area contributed by atoms with E-state index in [4.69, 9.17) is 4.74 Å². The molecule has 2 rings (SSSR count). The number of hydrogen-bond acceptors (Lipinski definition) is 7. The number of aryl methyl sites for hydroxylation is 1. The molecule has 0 aromatic heterocycles. The maximum Gasteiger partial charge on any atom is 0.408 e. The van der Waals surface area contributed by atoms with E-state index in [-0.39, 0.29) is 18.7 Å². The van der Waals surface area contributed by atoms with Crippen molar-refractivity contribution < 1.29 is 33.8 Å². The van der Waals surface area contributed by atoms with Gasteiger partial charge in [0.25, 0.3) is 0 Å². The fraction of sp³-hybridized carbons (Fsp3) is 0.467. The number of carbonyl (C=O) groups excluding carboxylic acids is 4. The third-order valence-electron chi connectivity index (χ3n) is 6.20. The van der Waals surface area contributed by atoms with E-state index in [9.17, 15) is 24.3 Å². The number of carbonyl (C=O) groups is 4. The normalized spacial score (nSPS) is 13.4. The van der Waals surface area contributed by atoms with Crippen molar-refractivity contribution in [1.29, 1.82) is 0 Å². The Morgan fingerprint density at radius 1 is 1.05 bits per heavy atom. The molecule has 0 spiro atoms. The summed E-state index contributed by atoms with van der Waals surface area (Å²) in [4.78, 5) is 54.0. The van der Waals surface area contributed by atoms with Crippen molar-refractivity contribution in [3.63, 3.8) is 0 Å². The highest BCUT2D eigenvalue weighted by Crippen LogP contribution is 2.27. The number of aromatic hydroxyl groups is 1. The molecule has 0 radical (unpaired) electrons. The van der Waals surface area contributed by atoms with Gasteiger partial charge in [-0.1, -0.05) is 48.9 Å². The number of nitrogens with zero attached hydrogens (tertiary/aromatic N) is 1. The fourth-order valence-corrected chi connectivity index (χ4v) is 4.10. The summed E-state index contributed by atoms with van der Waals surface area (Å²) < 4.78 is 10.1. The summed E-state index contributed by atoms with van der Waals surface area (Å²) >= 11 is 0. The van der Waals surface area contributed by atoms with Gasteiger partial charge in [0.1, 0.15) is 30.0 Å². The first-order valence-electron chi connectivity index (χ1n) is 13.3. The molecule has 3 amide bonds. The van der Waals surface area contributed by atoms with Gasteiger partial charge in [0.15, 0.2) is 0 Å². The number of alkyl carbamates (subject to hydrolysis) is 1. The molecule has 0 bridgehead atoms. The van der Waals surface area contributed by atoms with Crippen molar-refractivity contribution in [2.24, 2.45) is 0 Å². The van der Waals surface area contributed by atoms with Crippen LogP contribution in [0.4, 0.5) is 4.79 Å². The predicted molar refractivity (Wildman–Crippen MR) is 151 cm³/mol. The standard InChI is InChI=1S/C30H41N3O7/c1-8-20(3)33(26(22-11-9-10-19(2)16-22)27(36)31-18-25(35)39-7)28(37)24(32-29(38)40-30(4,5)6)17-21-12-14-23(34)15-13-21/h9-16,20,24,26,34H,8,17-18H2,1-7H3,(H,31,36)(H,32,38). The molecule has 0 saturated carbocycles. The lowest BCUT2D eigenvalue weighted by Crippen LogP contribution is -2.56. The molecule has 40 heavy (non-hydrogen) atoms. The van der Waals surface area contributed by atoms with Crippen LogP contribution in [0, 0.1) is 6.92 Å². The minimum Gasteiger partial charge on any atom is -0.508 e. The second-order valence-corrected chi connectivity index (χ2v) is 10.7. The Labute approximate surface area is 236 Å². The summed E-state index contributed by atoms with van der Waals surface area (Å²) in [5.74, 6) is -1.64. The van der Waals surface area contributed by atoms with Crippen LogP contribution >= 0.6 is 0 Å². The van der Waals surface area contributed by atoms with Crippen molar-refractivity contribution in [3.05, 3.63) is 65.2 Å². The Balaban J connectivity index is 2.58. The fourth-order valence-electron chi connectivity index (χ4n) is 4.10. The number of phenols is 1. The molecule has 10 heteroatoms. The van der Waals surface area contributed by atoms with Gasteiger partial charge in [-0.05, 0) is 64.3 Å². The third-order valence-corrected chi connectivity index (χ3v) is 6.20. The van der Waals surface area contributed by atoms with Crippen molar-refractivity contribution in [2.75, 3.05) is 13.7 Å². The maximum atomic E-state index is 14.3. The van der Waals surface area contributed by atoms with Gasteiger partial charge in [-0.3, -0.25) is 14.4 Å². The number of phenolic OH excluding ortho intramolecular Hbond substituents is 1. The molecule has 0 aliphatic rings. The van der Waals surface area contributed by atoms with Crippen molar-refractivity contribution >= 4 is 23.9 Å². The lowest BCUT2D eigenvalue weighted by Gasteiger charge is -2.38. The van der Waals surface area contributed by atoms with Crippen LogP contribution in [-0.4, -0.2) is 65.2 Å². The highest BCUT2D eigenvalue weighted by Gasteiger charge is 2.38. The second kappa shape index (κ2) is 14.3. The summed E-state index contributed by atoms with van der Waals surface area (Å²) in [7, 11) is 1.22. The van der Waals surface area contributed by atoms with E-state index in [2.05, 4.69) is 15.4 Å². The second-order valence-electron chi connectivity index (χ2n) is 10.7. The van der Waals surface area contributed by atoms with Gasteiger partial charge < -0.3 is 30.1 Å². The van der Waals surface area contributed by atoms with Crippen LogP contribution in [0.5, 0.6) is 5.75 Å². The molecule has 2 aromatic rings. The molecule has 3 N–H and O–H groups in total. The average Bonchev–Trinajstić information content (AvgIpc) is 2.89. The SMILES string of the molecule is CCC(C)N(C(=O)C(Cc1ccc(O)cc1)NC(=O)OC(C)(C)C)C(C(=O)NCC(=O)OC)c1cccc(C)c1. The molecule has 3 atom stereocenters. The molecule has 2 aromatic carbocycles. The van der Waals surface area contributed by atoms with Gasteiger partial charge in [0, 0.05) is 12.5 Å². The van der Waals surface area contributed by atoms with Crippen LogP contribution in [0.3, 0.4) is 0 Å². The van der Waals surface area contributed by atoms with Gasteiger partial charge in [-0.25, -0.2) is 4.79 Å². The van der Waals surface area contributed by atoms with Gasteiger partial charge in [-0.2, -0.15) is 0 Å². The first kappa shape index (κ1) is 32.1. The maximum absolute atomic E-state index is 14.3. The van der Waals surface area contributed by atoms with E-state index >= 15 is 0 Å². The molecule has 3 unspecified atom stereocenters. The quantitative estimate of drug-likeness (QED) is 0.359. The van der Waals surface area contributed by atoms with E-state index < -0.39 is 47.6 Å². The first-order valence-corrected chi connectivity index (χ1v) is 13.3. The van der Waals surface area contributed by atoms with E-state index in [0.717, 1.165) is 5.56 Å². The van der Waals surface area contributed by atoms with Crippen molar-refractivity contribution in [3.8, 4) is 5.75 Å². The largest absolute Gasteiger partial charge is 0.508 e. The van der Waals surface area contributed by atoms with E-state index in [1.54, 1.807) is 51.1 Å². The predicted octanol–water partition coefficient (Wildman–Crippen LogP) is 3.79. The number of benzene rings is 2. The summed E-state index contributed by atoms with van der Waals surface area (Å²) in [6.45, 7) is 10.4.